The minimum Gasteiger partial charge on any atom is -0.307 e. The summed E-state index contributed by atoms with van der Waals surface area (Å²) >= 11 is 11.7. The molecule has 0 saturated heterocycles. The van der Waals surface area contributed by atoms with Crippen molar-refractivity contribution in [1.29, 1.82) is 0 Å². The number of carbonyl (C=O) groups excluding carboxylic acids is 4. The number of hydrogen-bond donors (Lipinski definition) is 0. The molecule has 1 amide bonds. The molecule has 0 spiro atoms. The quantitative estimate of drug-likeness (QED) is 0.482. The predicted octanol–water partition coefficient (Wildman–Crippen LogP) is 5.44. The second-order valence-corrected chi connectivity index (χ2v) is 7.58. The SMILES string of the molecule is CN(C(=O)c1ccccc1)C1=C(Cl)C(=O)c2ccccc2C1=O.O=Cc1ccc(Cl)cc1. The first-order valence-electron chi connectivity index (χ1n) is 9.47. The van der Waals surface area contributed by atoms with Crippen LogP contribution in [0.15, 0.2) is 89.6 Å². The number of ketones is 2. The summed E-state index contributed by atoms with van der Waals surface area (Å²) in [6.07, 6.45) is 0.788. The third-order valence-corrected chi connectivity index (χ3v) is 5.31. The summed E-state index contributed by atoms with van der Waals surface area (Å²) < 4.78 is 0. The van der Waals surface area contributed by atoms with Gasteiger partial charge in [-0.25, -0.2) is 0 Å². The van der Waals surface area contributed by atoms with Crippen LogP contribution in [0.2, 0.25) is 5.02 Å². The number of hydrogen-bond acceptors (Lipinski definition) is 4. The van der Waals surface area contributed by atoms with Crippen molar-refractivity contribution in [3.63, 3.8) is 0 Å². The van der Waals surface area contributed by atoms with Gasteiger partial charge in [0.25, 0.3) is 5.91 Å². The molecule has 32 heavy (non-hydrogen) atoms. The van der Waals surface area contributed by atoms with E-state index in [-0.39, 0.29) is 21.9 Å². The minimum atomic E-state index is -0.454. The summed E-state index contributed by atoms with van der Waals surface area (Å²) in [7, 11) is 1.44. The van der Waals surface area contributed by atoms with Crippen molar-refractivity contribution in [2.75, 3.05) is 7.05 Å². The molecule has 0 N–H and O–H groups in total. The van der Waals surface area contributed by atoms with E-state index in [0.29, 0.717) is 16.1 Å². The first kappa shape index (κ1) is 23.1. The van der Waals surface area contributed by atoms with Gasteiger partial charge in [-0.2, -0.15) is 0 Å². The molecule has 160 valence electrons. The first-order chi connectivity index (χ1) is 15.3. The van der Waals surface area contributed by atoms with E-state index in [4.69, 9.17) is 23.2 Å². The van der Waals surface area contributed by atoms with Gasteiger partial charge < -0.3 is 4.90 Å². The molecule has 0 radical (unpaired) electrons. The van der Waals surface area contributed by atoms with Crippen molar-refractivity contribution in [2.24, 2.45) is 0 Å². The molecule has 0 fully saturated rings. The van der Waals surface area contributed by atoms with E-state index >= 15 is 0 Å². The Morgan fingerprint density at radius 1 is 0.781 bits per heavy atom. The molecule has 1 aliphatic rings. The van der Waals surface area contributed by atoms with Crippen LogP contribution in [0.4, 0.5) is 0 Å². The summed E-state index contributed by atoms with van der Waals surface area (Å²) in [4.78, 5) is 48.7. The number of nitrogens with zero attached hydrogens (tertiary/aromatic N) is 1. The Balaban J connectivity index is 0.000000269. The zero-order valence-electron chi connectivity index (χ0n) is 16.9. The zero-order chi connectivity index (χ0) is 23.3. The number of fused-ring (bicyclic) bond motifs is 1. The molecule has 0 aromatic heterocycles. The van der Waals surface area contributed by atoms with Crippen molar-refractivity contribution in [3.8, 4) is 0 Å². The molecule has 0 saturated carbocycles. The van der Waals surface area contributed by atoms with Crippen molar-refractivity contribution >= 4 is 47.0 Å². The van der Waals surface area contributed by atoms with E-state index in [1.165, 1.54) is 7.05 Å². The van der Waals surface area contributed by atoms with E-state index in [0.717, 1.165) is 11.2 Å². The van der Waals surface area contributed by atoms with Crippen LogP contribution >= 0.6 is 23.2 Å². The number of halogens is 2. The number of aldehydes is 1. The van der Waals surface area contributed by atoms with Crippen LogP contribution in [0.5, 0.6) is 0 Å². The summed E-state index contributed by atoms with van der Waals surface area (Å²) in [5, 5.41) is 0.418. The highest BCUT2D eigenvalue weighted by molar-refractivity contribution is 6.50. The molecule has 0 aliphatic heterocycles. The summed E-state index contributed by atoms with van der Waals surface area (Å²) in [6.45, 7) is 0. The van der Waals surface area contributed by atoms with E-state index in [9.17, 15) is 19.2 Å². The maximum absolute atomic E-state index is 12.7. The predicted molar refractivity (Wildman–Crippen MR) is 123 cm³/mol. The van der Waals surface area contributed by atoms with Gasteiger partial charge >= 0.3 is 0 Å². The lowest BCUT2D eigenvalue weighted by atomic mass is 9.92. The molecule has 1 aliphatic carbocycles. The van der Waals surface area contributed by atoms with E-state index < -0.39 is 17.5 Å². The number of rotatable bonds is 3. The summed E-state index contributed by atoms with van der Waals surface area (Å²) in [5.41, 5.74) is 1.48. The molecular weight excluding hydrogens is 449 g/mol. The van der Waals surface area contributed by atoms with Gasteiger partial charge in [0.2, 0.25) is 11.6 Å². The van der Waals surface area contributed by atoms with Crippen molar-refractivity contribution in [3.05, 3.63) is 117 Å². The van der Waals surface area contributed by atoms with Gasteiger partial charge in [0.1, 0.15) is 17.0 Å². The maximum atomic E-state index is 12.7. The Morgan fingerprint density at radius 3 is 1.88 bits per heavy atom. The lowest BCUT2D eigenvalue weighted by Gasteiger charge is -2.25. The van der Waals surface area contributed by atoms with Crippen molar-refractivity contribution in [1.82, 2.24) is 4.90 Å². The van der Waals surface area contributed by atoms with Gasteiger partial charge in [0.15, 0.2) is 0 Å². The van der Waals surface area contributed by atoms with Crippen LogP contribution in [-0.4, -0.2) is 35.7 Å². The fourth-order valence-corrected chi connectivity index (χ4v) is 3.49. The largest absolute Gasteiger partial charge is 0.307 e. The fraction of sp³-hybridized carbons (Fsp3) is 0.0400. The van der Waals surface area contributed by atoms with Gasteiger partial charge in [-0.1, -0.05) is 77.8 Å². The van der Waals surface area contributed by atoms with E-state index in [1.807, 2.05) is 0 Å². The molecule has 0 heterocycles. The monoisotopic (exact) mass is 465 g/mol. The molecule has 4 rings (SSSR count). The van der Waals surface area contributed by atoms with Crippen LogP contribution in [0.25, 0.3) is 0 Å². The normalized spacial score (nSPS) is 12.5. The third kappa shape index (κ3) is 4.85. The van der Waals surface area contributed by atoms with Crippen LogP contribution < -0.4 is 0 Å². The van der Waals surface area contributed by atoms with Gasteiger partial charge in [-0.15, -0.1) is 0 Å². The number of likely N-dealkylation sites (N-methyl/N-ethyl adjacent to an activating group) is 1. The minimum absolute atomic E-state index is 0.0933. The highest BCUT2D eigenvalue weighted by Crippen LogP contribution is 2.30. The number of carbonyl (C=O) groups is 4. The number of benzene rings is 3. The number of amides is 1. The lowest BCUT2D eigenvalue weighted by molar-refractivity contribution is 0.0795. The van der Waals surface area contributed by atoms with Gasteiger partial charge in [0.05, 0.1) is 0 Å². The van der Waals surface area contributed by atoms with Crippen LogP contribution in [0.3, 0.4) is 0 Å². The molecule has 0 unspecified atom stereocenters. The fourth-order valence-electron chi connectivity index (χ4n) is 3.05. The van der Waals surface area contributed by atoms with Crippen molar-refractivity contribution in [2.45, 2.75) is 0 Å². The number of Topliss-reactive ketones (excluding diaryl/α,β-unsaturated/α-hetero) is 2. The summed E-state index contributed by atoms with van der Waals surface area (Å²) in [5.74, 6) is -1.29. The second kappa shape index (κ2) is 10.2. The van der Waals surface area contributed by atoms with Gasteiger partial charge in [-0.05, 0) is 24.3 Å². The maximum Gasteiger partial charge on any atom is 0.258 e. The molecule has 3 aromatic rings. The molecular formula is C25H17Cl2NO4. The highest BCUT2D eigenvalue weighted by Gasteiger charge is 2.35. The molecule has 0 atom stereocenters. The topological polar surface area (TPSA) is 71.5 Å². The Kier molecular flexibility index (Phi) is 7.36. The molecule has 0 bridgehead atoms. The Hall–Kier alpha value is -3.54. The molecule has 3 aromatic carbocycles. The van der Waals surface area contributed by atoms with E-state index in [2.05, 4.69) is 0 Å². The average Bonchev–Trinajstić information content (AvgIpc) is 2.83. The standard InChI is InChI=1S/C18H12ClNO3.C7H5ClO/c1-20(18(23)11-7-3-2-4-8-11)15-14(19)16(21)12-9-5-6-10-13(12)17(15)22;8-7-3-1-6(5-9)2-4-7/h2-10H,1H3;1-5H. The Labute approximate surface area is 194 Å². The van der Waals surface area contributed by atoms with Gasteiger partial charge in [0, 0.05) is 34.3 Å². The zero-order valence-corrected chi connectivity index (χ0v) is 18.4. The van der Waals surface area contributed by atoms with Crippen LogP contribution in [0, 0.1) is 0 Å². The van der Waals surface area contributed by atoms with Gasteiger partial charge in [-0.3, -0.25) is 19.2 Å². The third-order valence-electron chi connectivity index (χ3n) is 4.71. The Morgan fingerprint density at radius 2 is 1.31 bits per heavy atom. The Bertz CT molecular complexity index is 1220. The van der Waals surface area contributed by atoms with Crippen LogP contribution in [0.1, 0.15) is 41.4 Å². The number of allylic oxidation sites excluding steroid dienone is 2. The van der Waals surface area contributed by atoms with Crippen molar-refractivity contribution < 1.29 is 19.2 Å². The molecule has 7 heteroatoms. The van der Waals surface area contributed by atoms with E-state index in [1.54, 1.807) is 78.9 Å². The van der Waals surface area contributed by atoms with Crippen LogP contribution in [-0.2, 0) is 0 Å². The second-order valence-electron chi connectivity index (χ2n) is 6.77. The molecule has 5 nitrogen and oxygen atoms in total. The highest BCUT2D eigenvalue weighted by atomic mass is 35.5. The summed E-state index contributed by atoms with van der Waals surface area (Å²) in [6, 6.07) is 21.7. The smallest absolute Gasteiger partial charge is 0.258 e. The average molecular weight is 466 g/mol. The lowest BCUT2D eigenvalue weighted by Crippen LogP contribution is -2.34. The first-order valence-corrected chi connectivity index (χ1v) is 10.2.